The molecule has 0 fully saturated rings. The first-order chi connectivity index (χ1) is 17.9. The zero-order chi connectivity index (χ0) is 27.7. The van der Waals surface area contributed by atoms with Crippen LogP contribution in [0, 0.1) is 5.92 Å². The van der Waals surface area contributed by atoms with Crippen LogP contribution in [0.4, 0.5) is 0 Å². The van der Waals surface area contributed by atoms with Gasteiger partial charge >= 0.3 is 5.97 Å². The van der Waals surface area contributed by atoms with Gasteiger partial charge in [0.05, 0.1) is 12.0 Å². The van der Waals surface area contributed by atoms with E-state index >= 15 is 0 Å². The molecule has 1 amide bonds. The topological polar surface area (TPSA) is 153 Å². The average Bonchev–Trinajstić information content (AvgIpc) is 2.88. The Kier molecular flexibility index (Phi) is 22.5. The average molecular weight is 521 g/mol. The lowest BCUT2D eigenvalue weighted by Gasteiger charge is -2.19. The van der Waals surface area contributed by atoms with Crippen molar-refractivity contribution < 1.29 is 24.3 Å². The quantitative estimate of drug-likeness (QED) is 0.0784. The highest BCUT2D eigenvalue weighted by molar-refractivity contribution is 5.97. The van der Waals surface area contributed by atoms with E-state index in [0.717, 1.165) is 38.5 Å². The van der Waals surface area contributed by atoms with Crippen LogP contribution in [-0.2, 0) is 19.2 Å². The van der Waals surface area contributed by atoms with Gasteiger partial charge in [0, 0.05) is 6.42 Å². The third kappa shape index (κ3) is 19.5. The van der Waals surface area contributed by atoms with Gasteiger partial charge in [-0.1, -0.05) is 69.8 Å². The number of carboxylic acid groups (broad SMARTS) is 1. The van der Waals surface area contributed by atoms with Gasteiger partial charge in [0.2, 0.25) is 12.2 Å². The van der Waals surface area contributed by atoms with Crippen molar-refractivity contribution in [1.29, 1.82) is 0 Å². The van der Waals surface area contributed by atoms with Crippen molar-refractivity contribution in [2.45, 2.75) is 122 Å². The number of carbonyl (C=O) groups is 3. The van der Waals surface area contributed by atoms with E-state index in [0.29, 0.717) is 32.2 Å². The van der Waals surface area contributed by atoms with Crippen LogP contribution in [-0.4, -0.2) is 47.7 Å². The summed E-state index contributed by atoms with van der Waals surface area (Å²) in [7, 11) is 0. The molecule has 6 N–H and O–H groups in total. The summed E-state index contributed by atoms with van der Waals surface area (Å²) in [5.74, 6) is -3.54. The van der Waals surface area contributed by atoms with Crippen molar-refractivity contribution in [2.75, 3.05) is 6.54 Å². The summed E-state index contributed by atoms with van der Waals surface area (Å²) in [5.41, 5.74) is 11.3. The number of unbranched alkanes of at least 4 members (excludes halogenated alkanes) is 9. The molecule has 0 aliphatic heterocycles. The maximum absolute atomic E-state index is 12.4. The van der Waals surface area contributed by atoms with Crippen LogP contribution in [0.3, 0.4) is 0 Å². The number of nitrogens with one attached hydrogen (secondary N) is 1. The first-order valence-corrected chi connectivity index (χ1v) is 14.1. The molecule has 0 saturated carbocycles. The second-order valence-corrected chi connectivity index (χ2v) is 9.64. The first kappa shape index (κ1) is 34.7. The Hall–Kier alpha value is -2.32. The molecule has 1 unspecified atom stereocenters. The van der Waals surface area contributed by atoms with Gasteiger partial charge in [-0.05, 0) is 64.3 Å². The summed E-state index contributed by atoms with van der Waals surface area (Å²) in [6, 6.07) is -2.21. The van der Waals surface area contributed by atoms with E-state index in [1.54, 1.807) is 6.29 Å². The van der Waals surface area contributed by atoms with Crippen LogP contribution in [0.15, 0.2) is 24.3 Å². The van der Waals surface area contributed by atoms with E-state index < -0.39 is 35.7 Å². The number of rotatable bonds is 25. The molecule has 0 aromatic heterocycles. The summed E-state index contributed by atoms with van der Waals surface area (Å²) in [6.45, 7) is 2.69. The van der Waals surface area contributed by atoms with Crippen molar-refractivity contribution in [3.05, 3.63) is 24.3 Å². The molecule has 0 rings (SSSR count). The standard InChI is InChI=1S/C29H50N3O5/c1-2-3-4-5-6-7-8-9-10-11-12-13-14-15-16-20-27(34)32-26(29(36)37)22-24(23-33)28(35)25(31)19-17-18-21-30/h6-7,9-10,24-26H,2-5,8,11-22,30-31H2,1H3,(H,32,34)(H,36,37)/b7-6-,10-9-/t24?,25-,26-/m0/s1. The number of Topliss-reactive ketones (excluding diaryl/α,β-unsaturated/α-hetero) is 1. The third-order valence-corrected chi connectivity index (χ3v) is 6.28. The Bertz CT molecular complexity index is 693. The van der Waals surface area contributed by atoms with Crippen LogP contribution in [0.2, 0.25) is 0 Å². The number of hydrogen-bond donors (Lipinski definition) is 4. The summed E-state index contributed by atoms with van der Waals surface area (Å²) >= 11 is 0. The maximum Gasteiger partial charge on any atom is 0.326 e. The number of nitrogens with two attached hydrogens (primary N) is 2. The Morgan fingerprint density at radius 2 is 1.51 bits per heavy atom. The Labute approximate surface area is 223 Å². The number of carbonyl (C=O) groups excluding carboxylic acids is 3. The number of ketones is 1. The molecular formula is C29H50N3O5. The van der Waals surface area contributed by atoms with Gasteiger partial charge in [-0.25, -0.2) is 4.79 Å². The predicted octanol–water partition coefficient (Wildman–Crippen LogP) is 4.51. The van der Waals surface area contributed by atoms with Crippen LogP contribution in [0.5, 0.6) is 0 Å². The van der Waals surface area contributed by atoms with E-state index in [-0.39, 0.29) is 12.8 Å². The Morgan fingerprint density at radius 1 is 0.892 bits per heavy atom. The lowest BCUT2D eigenvalue weighted by atomic mass is 9.90. The monoisotopic (exact) mass is 520 g/mol. The van der Waals surface area contributed by atoms with Gasteiger partial charge in [0.1, 0.15) is 6.04 Å². The molecule has 0 aromatic carbocycles. The minimum absolute atomic E-state index is 0.205. The van der Waals surface area contributed by atoms with Crippen LogP contribution < -0.4 is 16.8 Å². The van der Waals surface area contributed by atoms with Crippen LogP contribution in [0.25, 0.3) is 0 Å². The van der Waals surface area contributed by atoms with Crippen molar-refractivity contribution in [1.82, 2.24) is 5.32 Å². The predicted molar refractivity (Wildman–Crippen MR) is 149 cm³/mol. The maximum atomic E-state index is 12.4. The number of allylic oxidation sites excluding steroid dienone is 4. The Morgan fingerprint density at radius 3 is 2.11 bits per heavy atom. The van der Waals surface area contributed by atoms with Gasteiger partial charge in [-0.2, -0.15) is 0 Å². The second kappa shape index (κ2) is 24.0. The zero-order valence-electron chi connectivity index (χ0n) is 22.8. The summed E-state index contributed by atoms with van der Waals surface area (Å²) in [5, 5.41) is 11.9. The highest BCUT2D eigenvalue weighted by atomic mass is 16.4. The van der Waals surface area contributed by atoms with Gasteiger partial charge in [-0.3, -0.25) is 14.4 Å². The fraction of sp³-hybridized carbons (Fsp3) is 0.724. The number of carboxylic acids is 1. The molecule has 8 nitrogen and oxygen atoms in total. The molecule has 8 heteroatoms. The molecule has 0 heterocycles. The molecule has 0 aliphatic carbocycles. The van der Waals surface area contributed by atoms with Crippen molar-refractivity contribution in [3.8, 4) is 0 Å². The van der Waals surface area contributed by atoms with E-state index in [2.05, 4.69) is 36.5 Å². The largest absolute Gasteiger partial charge is 0.480 e. The van der Waals surface area contributed by atoms with E-state index in [1.807, 2.05) is 0 Å². The highest BCUT2D eigenvalue weighted by Gasteiger charge is 2.31. The number of aliphatic carboxylic acids is 1. The normalized spacial score (nSPS) is 14.0. The van der Waals surface area contributed by atoms with Crippen LogP contribution in [0.1, 0.15) is 110 Å². The second-order valence-electron chi connectivity index (χ2n) is 9.64. The van der Waals surface area contributed by atoms with Crippen molar-refractivity contribution >= 4 is 23.9 Å². The van der Waals surface area contributed by atoms with Gasteiger partial charge in [0.15, 0.2) is 5.78 Å². The minimum Gasteiger partial charge on any atom is -0.480 e. The summed E-state index contributed by atoms with van der Waals surface area (Å²) in [4.78, 5) is 47.6. The van der Waals surface area contributed by atoms with E-state index in [1.165, 1.54) is 25.7 Å². The molecule has 0 aromatic rings. The molecule has 0 spiro atoms. The number of amides is 1. The van der Waals surface area contributed by atoms with E-state index in [9.17, 15) is 24.3 Å². The minimum atomic E-state index is -1.34. The SMILES string of the molecule is CCCCC/C=C\C/C=C\CCCCCCCC(=O)N[C@@H](CC([C]=O)C(=O)[C@@H](N)CCCCN)C(=O)O. The molecule has 0 aliphatic rings. The van der Waals surface area contributed by atoms with Gasteiger partial charge in [-0.15, -0.1) is 0 Å². The molecular weight excluding hydrogens is 470 g/mol. The van der Waals surface area contributed by atoms with Crippen molar-refractivity contribution in [3.63, 3.8) is 0 Å². The third-order valence-electron chi connectivity index (χ3n) is 6.28. The van der Waals surface area contributed by atoms with Crippen molar-refractivity contribution in [2.24, 2.45) is 17.4 Å². The fourth-order valence-electron chi connectivity index (χ4n) is 3.95. The smallest absolute Gasteiger partial charge is 0.326 e. The zero-order valence-corrected chi connectivity index (χ0v) is 22.8. The number of hydrogen-bond acceptors (Lipinski definition) is 6. The van der Waals surface area contributed by atoms with Crippen LogP contribution >= 0.6 is 0 Å². The molecule has 1 radical (unpaired) electrons. The summed E-state index contributed by atoms with van der Waals surface area (Å²) < 4.78 is 0. The lowest BCUT2D eigenvalue weighted by molar-refractivity contribution is -0.142. The molecule has 0 bridgehead atoms. The lowest BCUT2D eigenvalue weighted by Crippen LogP contribution is -2.45. The van der Waals surface area contributed by atoms with Gasteiger partial charge in [0.25, 0.3) is 0 Å². The van der Waals surface area contributed by atoms with Gasteiger partial charge < -0.3 is 21.9 Å². The first-order valence-electron chi connectivity index (χ1n) is 14.1. The molecule has 0 saturated heterocycles. The summed E-state index contributed by atoms with van der Waals surface area (Å²) in [6.07, 6.45) is 23.8. The molecule has 37 heavy (non-hydrogen) atoms. The highest BCUT2D eigenvalue weighted by Crippen LogP contribution is 2.13. The fourth-order valence-corrected chi connectivity index (χ4v) is 3.95. The Balaban J connectivity index is 4.12. The molecule has 3 atom stereocenters. The molecule has 211 valence electrons. The van der Waals surface area contributed by atoms with E-state index in [4.69, 9.17) is 11.5 Å².